The van der Waals surface area contributed by atoms with E-state index in [2.05, 4.69) is 15.6 Å². The fraction of sp³-hybridized carbons (Fsp3) is 0.250. The molecule has 2 rings (SSSR count). The first-order valence-electron chi connectivity index (χ1n) is 5.84. The number of carboxylic acids is 1. The highest BCUT2D eigenvalue weighted by Crippen LogP contribution is 2.18. The van der Waals surface area contributed by atoms with Crippen LogP contribution in [0.5, 0.6) is 0 Å². The number of carbonyl (C=O) groups is 2. The van der Waals surface area contributed by atoms with Crippen LogP contribution in [0.2, 0.25) is 0 Å². The largest absolute Gasteiger partial charge is 0.479 e. The summed E-state index contributed by atoms with van der Waals surface area (Å²) in [4.78, 5) is 27.5. The number of carbonyl (C=O) groups excluding carboxylic acids is 1. The van der Waals surface area contributed by atoms with E-state index in [4.69, 9.17) is 5.11 Å². The van der Waals surface area contributed by atoms with E-state index in [0.29, 0.717) is 10.7 Å². The van der Waals surface area contributed by atoms with Crippen molar-refractivity contribution < 1.29 is 14.7 Å². The molecule has 3 N–H and O–H groups in total. The van der Waals surface area contributed by atoms with Gasteiger partial charge in [0.2, 0.25) is 0 Å². The number of aliphatic carboxylic acids is 1. The molecule has 0 aliphatic heterocycles. The summed E-state index contributed by atoms with van der Waals surface area (Å²) in [5.74, 6) is -0.414. The third-order valence-corrected chi connectivity index (χ3v) is 3.62. The van der Waals surface area contributed by atoms with Crippen molar-refractivity contribution in [2.45, 2.75) is 12.6 Å². The van der Waals surface area contributed by atoms with Crippen molar-refractivity contribution in [2.24, 2.45) is 7.05 Å². The summed E-state index contributed by atoms with van der Waals surface area (Å²) in [7, 11) is 1.81. The summed E-state index contributed by atoms with van der Waals surface area (Å²) in [5.41, 5.74) is 0. The maximum absolute atomic E-state index is 11.7. The minimum Gasteiger partial charge on any atom is -0.479 e. The van der Waals surface area contributed by atoms with Gasteiger partial charge in [0.05, 0.1) is 6.54 Å². The molecule has 2 aromatic rings. The molecule has 1 atom stereocenters. The summed E-state index contributed by atoms with van der Waals surface area (Å²) < 4.78 is 1.77. The Morgan fingerprint density at radius 3 is 2.90 bits per heavy atom. The summed E-state index contributed by atoms with van der Waals surface area (Å²) in [6, 6.07) is 1.82. The van der Waals surface area contributed by atoms with Gasteiger partial charge in [0.25, 0.3) is 0 Å². The molecule has 20 heavy (non-hydrogen) atoms. The number of hydrogen-bond donors (Lipinski definition) is 3. The van der Waals surface area contributed by atoms with Crippen LogP contribution in [0.4, 0.5) is 4.79 Å². The zero-order valence-corrected chi connectivity index (χ0v) is 11.6. The second kappa shape index (κ2) is 6.20. The molecule has 0 radical (unpaired) electrons. The Labute approximate surface area is 119 Å². The number of imidazole rings is 1. The Morgan fingerprint density at radius 1 is 1.55 bits per heavy atom. The molecule has 2 heterocycles. The van der Waals surface area contributed by atoms with Gasteiger partial charge in [-0.1, -0.05) is 6.07 Å². The van der Waals surface area contributed by atoms with Crippen LogP contribution in [0.15, 0.2) is 29.9 Å². The monoisotopic (exact) mass is 294 g/mol. The van der Waals surface area contributed by atoms with Crippen LogP contribution in [0.25, 0.3) is 0 Å². The Kier molecular flexibility index (Phi) is 4.36. The van der Waals surface area contributed by atoms with Gasteiger partial charge in [-0.05, 0) is 11.4 Å². The molecule has 0 aliphatic rings. The van der Waals surface area contributed by atoms with Crippen molar-refractivity contribution in [2.75, 3.05) is 0 Å². The molecule has 0 aliphatic carbocycles. The van der Waals surface area contributed by atoms with Gasteiger partial charge in [-0.2, -0.15) is 0 Å². The summed E-state index contributed by atoms with van der Waals surface area (Å²) >= 11 is 1.28. The number of aromatic nitrogens is 2. The maximum Gasteiger partial charge on any atom is 0.331 e. The number of nitrogens with zero attached hydrogens (tertiary/aromatic N) is 2. The molecule has 0 saturated carbocycles. The average molecular weight is 294 g/mol. The van der Waals surface area contributed by atoms with Crippen LogP contribution in [0, 0.1) is 0 Å². The van der Waals surface area contributed by atoms with Gasteiger partial charge in [0, 0.05) is 24.3 Å². The van der Waals surface area contributed by atoms with E-state index in [1.54, 1.807) is 34.5 Å². The number of carboxylic acid groups (broad SMARTS) is 1. The number of aryl methyl sites for hydroxylation is 1. The van der Waals surface area contributed by atoms with E-state index >= 15 is 0 Å². The van der Waals surface area contributed by atoms with Gasteiger partial charge < -0.3 is 20.3 Å². The molecule has 0 spiro atoms. The molecular weight excluding hydrogens is 280 g/mol. The fourth-order valence-corrected chi connectivity index (χ4v) is 2.39. The van der Waals surface area contributed by atoms with E-state index in [1.165, 1.54) is 11.3 Å². The smallest absolute Gasteiger partial charge is 0.331 e. The summed E-state index contributed by atoms with van der Waals surface area (Å²) in [5, 5.41) is 15.9. The number of amides is 2. The molecule has 0 aromatic carbocycles. The number of thiophene rings is 1. The lowest BCUT2D eigenvalue weighted by atomic mass is 10.2. The highest BCUT2D eigenvalue weighted by atomic mass is 32.1. The zero-order valence-electron chi connectivity index (χ0n) is 10.7. The predicted octanol–water partition coefficient (Wildman–Crippen LogP) is 1.11. The van der Waals surface area contributed by atoms with Gasteiger partial charge in [-0.25, -0.2) is 14.6 Å². The lowest BCUT2D eigenvalue weighted by Crippen LogP contribution is -2.40. The van der Waals surface area contributed by atoms with Crippen molar-refractivity contribution in [3.63, 3.8) is 0 Å². The second-order valence-electron chi connectivity index (χ2n) is 4.07. The molecule has 7 nitrogen and oxygen atoms in total. The van der Waals surface area contributed by atoms with Crippen LogP contribution in [-0.4, -0.2) is 26.7 Å². The fourth-order valence-electron chi connectivity index (χ4n) is 1.62. The topological polar surface area (TPSA) is 96.3 Å². The van der Waals surface area contributed by atoms with Gasteiger partial charge in [-0.15, -0.1) is 11.3 Å². The molecule has 106 valence electrons. The molecule has 0 fully saturated rings. The van der Waals surface area contributed by atoms with Crippen LogP contribution in [-0.2, 0) is 18.4 Å². The molecule has 8 heteroatoms. The molecule has 0 bridgehead atoms. The van der Waals surface area contributed by atoms with Crippen LogP contribution < -0.4 is 10.6 Å². The van der Waals surface area contributed by atoms with Crippen LogP contribution in [0.1, 0.15) is 16.7 Å². The number of hydrogen-bond acceptors (Lipinski definition) is 4. The molecule has 0 saturated heterocycles. The number of rotatable bonds is 5. The Balaban J connectivity index is 1.92. The van der Waals surface area contributed by atoms with Gasteiger partial charge in [-0.3, -0.25) is 0 Å². The highest BCUT2D eigenvalue weighted by molar-refractivity contribution is 7.10. The van der Waals surface area contributed by atoms with Gasteiger partial charge >= 0.3 is 12.0 Å². The lowest BCUT2D eigenvalue weighted by Gasteiger charge is -2.13. The third kappa shape index (κ3) is 3.35. The first-order valence-corrected chi connectivity index (χ1v) is 6.72. The molecule has 2 amide bonds. The van der Waals surface area contributed by atoms with E-state index in [-0.39, 0.29) is 6.54 Å². The number of nitrogens with one attached hydrogen (secondary N) is 2. The summed E-state index contributed by atoms with van der Waals surface area (Å²) in [6.07, 6.45) is 3.39. The second-order valence-corrected chi connectivity index (χ2v) is 5.05. The first-order chi connectivity index (χ1) is 9.58. The van der Waals surface area contributed by atoms with E-state index in [0.717, 1.165) is 0 Å². The predicted molar refractivity (Wildman–Crippen MR) is 73.3 cm³/mol. The molecule has 2 aromatic heterocycles. The minimum atomic E-state index is -1.10. The number of urea groups is 1. The van der Waals surface area contributed by atoms with Gasteiger partial charge in [0.1, 0.15) is 5.82 Å². The van der Waals surface area contributed by atoms with Crippen molar-refractivity contribution >= 4 is 23.3 Å². The van der Waals surface area contributed by atoms with E-state index in [9.17, 15) is 9.59 Å². The van der Waals surface area contributed by atoms with Crippen LogP contribution in [0.3, 0.4) is 0 Å². The average Bonchev–Trinajstić information content (AvgIpc) is 3.04. The lowest BCUT2D eigenvalue weighted by molar-refractivity contribution is -0.139. The Morgan fingerprint density at radius 2 is 2.35 bits per heavy atom. The molecular formula is C12H14N4O3S. The van der Waals surface area contributed by atoms with Crippen molar-refractivity contribution in [3.05, 3.63) is 40.6 Å². The van der Waals surface area contributed by atoms with Gasteiger partial charge in [0.15, 0.2) is 6.04 Å². The molecule has 1 unspecified atom stereocenters. The van der Waals surface area contributed by atoms with Crippen molar-refractivity contribution in [1.82, 2.24) is 20.2 Å². The Bertz CT molecular complexity index is 594. The highest BCUT2D eigenvalue weighted by Gasteiger charge is 2.22. The first kappa shape index (κ1) is 14.1. The Hall–Kier alpha value is -2.35. The van der Waals surface area contributed by atoms with E-state index < -0.39 is 18.0 Å². The maximum atomic E-state index is 11.7. The third-order valence-electron chi connectivity index (χ3n) is 2.68. The van der Waals surface area contributed by atoms with Crippen LogP contribution >= 0.6 is 11.3 Å². The normalized spacial score (nSPS) is 11.8. The van der Waals surface area contributed by atoms with E-state index in [1.807, 2.05) is 7.05 Å². The quantitative estimate of drug-likeness (QED) is 0.769. The standard InChI is InChI=1S/C12H14N4O3S/c1-16-5-4-13-9(16)7-14-12(19)15-10(11(17)18)8-3-2-6-20-8/h2-6,10H,7H2,1H3,(H,17,18)(H2,14,15,19). The minimum absolute atomic E-state index is 0.228. The van der Waals surface area contributed by atoms with Crippen molar-refractivity contribution in [1.29, 1.82) is 0 Å². The summed E-state index contributed by atoms with van der Waals surface area (Å²) in [6.45, 7) is 0.228. The SMILES string of the molecule is Cn1ccnc1CNC(=O)NC(C(=O)O)c1cccs1. The zero-order chi connectivity index (χ0) is 14.5. The van der Waals surface area contributed by atoms with Crippen molar-refractivity contribution in [3.8, 4) is 0 Å².